The lowest BCUT2D eigenvalue weighted by molar-refractivity contribution is -0.137. The van der Waals surface area contributed by atoms with Gasteiger partial charge in [-0.15, -0.1) is 0 Å². The second-order valence-electron chi connectivity index (χ2n) is 8.46. The van der Waals surface area contributed by atoms with Gasteiger partial charge in [0.2, 0.25) is 0 Å². The number of carbonyl (C=O) groups is 1. The van der Waals surface area contributed by atoms with Gasteiger partial charge in [0.25, 0.3) is 0 Å². The van der Waals surface area contributed by atoms with Crippen LogP contribution in [0, 0.1) is 17.6 Å². The molecule has 0 aliphatic rings. The van der Waals surface area contributed by atoms with Crippen LogP contribution in [0.15, 0.2) is 60.7 Å². The van der Waals surface area contributed by atoms with E-state index in [9.17, 15) is 26.7 Å². The highest BCUT2D eigenvalue weighted by molar-refractivity contribution is 5.85. The maximum absolute atomic E-state index is 14.2. The summed E-state index contributed by atoms with van der Waals surface area (Å²) in [5.74, 6) is -1.77. The van der Waals surface area contributed by atoms with E-state index in [1.165, 1.54) is 25.1 Å². The van der Waals surface area contributed by atoms with Crippen LogP contribution >= 0.6 is 0 Å². The molecule has 0 spiro atoms. The molecule has 0 fully saturated rings. The lowest BCUT2D eigenvalue weighted by Gasteiger charge is -2.20. The summed E-state index contributed by atoms with van der Waals surface area (Å²) in [5, 5.41) is 2.90. The number of alkyl halides is 3. The lowest BCUT2D eigenvalue weighted by Crippen LogP contribution is -2.12. The Morgan fingerprint density at radius 2 is 1.58 bits per heavy atom. The molecule has 3 rings (SSSR count). The van der Waals surface area contributed by atoms with Crippen molar-refractivity contribution in [2.24, 2.45) is 5.92 Å². The Kier molecular flexibility index (Phi) is 7.20. The number of carbonyl (C=O) groups excluding carboxylic acids is 1. The number of ketones is 1. The van der Waals surface area contributed by atoms with Crippen molar-refractivity contribution in [2.45, 2.75) is 39.3 Å². The Balaban J connectivity index is 2.09. The molecule has 0 aromatic heterocycles. The van der Waals surface area contributed by atoms with Crippen molar-refractivity contribution in [3.05, 3.63) is 83.4 Å². The predicted molar refractivity (Wildman–Crippen MR) is 119 cm³/mol. The summed E-state index contributed by atoms with van der Waals surface area (Å²) in [6, 6.07) is 13.0. The van der Waals surface area contributed by atoms with Gasteiger partial charge < -0.3 is 5.32 Å². The lowest BCUT2D eigenvalue weighted by atomic mass is 9.85. The van der Waals surface area contributed by atoms with Gasteiger partial charge in [-0.05, 0) is 72.4 Å². The summed E-state index contributed by atoms with van der Waals surface area (Å²) in [5.41, 5.74) is 1.45. The molecule has 1 N–H and O–H groups in total. The van der Waals surface area contributed by atoms with E-state index in [0.717, 1.165) is 24.3 Å². The maximum Gasteiger partial charge on any atom is 0.416 e. The number of anilines is 2. The number of hydrogen-bond acceptors (Lipinski definition) is 2. The summed E-state index contributed by atoms with van der Waals surface area (Å²) < 4.78 is 66.4. The fourth-order valence-electron chi connectivity index (χ4n) is 3.70. The van der Waals surface area contributed by atoms with E-state index in [0.29, 0.717) is 28.8 Å². The fourth-order valence-corrected chi connectivity index (χ4v) is 3.70. The second-order valence-corrected chi connectivity index (χ2v) is 8.46. The van der Waals surface area contributed by atoms with E-state index in [1.54, 1.807) is 18.2 Å². The van der Waals surface area contributed by atoms with Gasteiger partial charge in [-0.25, -0.2) is 8.78 Å². The minimum atomic E-state index is -4.45. The monoisotopic (exact) mass is 461 g/mol. The third-order valence-corrected chi connectivity index (χ3v) is 5.31. The number of nitrogens with one attached hydrogen (secondary N) is 1. The van der Waals surface area contributed by atoms with Crippen LogP contribution < -0.4 is 5.32 Å². The summed E-state index contributed by atoms with van der Waals surface area (Å²) in [4.78, 5) is 12.4. The van der Waals surface area contributed by atoms with Gasteiger partial charge in [0, 0.05) is 17.7 Å². The molecular weight excluding hydrogens is 437 g/mol. The molecule has 0 saturated heterocycles. The van der Waals surface area contributed by atoms with Crippen molar-refractivity contribution < 1.29 is 26.7 Å². The molecule has 0 saturated carbocycles. The van der Waals surface area contributed by atoms with E-state index >= 15 is 0 Å². The molecule has 0 radical (unpaired) electrons. The van der Waals surface area contributed by atoms with Crippen LogP contribution in [0.4, 0.5) is 33.3 Å². The number of hydrogen-bond donors (Lipinski definition) is 1. The zero-order valence-corrected chi connectivity index (χ0v) is 18.4. The molecule has 0 aliphatic heterocycles. The van der Waals surface area contributed by atoms with Gasteiger partial charge in [-0.2, -0.15) is 13.2 Å². The van der Waals surface area contributed by atoms with Crippen molar-refractivity contribution >= 4 is 17.2 Å². The first-order valence-electron chi connectivity index (χ1n) is 10.5. The number of rotatable bonds is 7. The Bertz CT molecular complexity index is 1140. The van der Waals surface area contributed by atoms with E-state index in [4.69, 9.17) is 0 Å². The smallest absolute Gasteiger partial charge is 0.353 e. The van der Waals surface area contributed by atoms with Crippen LogP contribution in [0.3, 0.4) is 0 Å². The van der Waals surface area contributed by atoms with Crippen LogP contribution in [-0.4, -0.2) is 5.78 Å². The summed E-state index contributed by atoms with van der Waals surface area (Å²) in [6.45, 7) is 5.47. The molecule has 33 heavy (non-hydrogen) atoms. The van der Waals surface area contributed by atoms with E-state index < -0.39 is 29.3 Å². The molecule has 0 aliphatic carbocycles. The molecule has 7 heteroatoms. The van der Waals surface area contributed by atoms with E-state index in [1.807, 2.05) is 13.8 Å². The van der Waals surface area contributed by atoms with E-state index in [2.05, 4.69) is 5.32 Å². The largest absolute Gasteiger partial charge is 0.416 e. The molecule has 174 valence electrons. The van der Waals surface area contributed by atoms with E-state index in [-0.39, 0.29) is 17.4 Å². The van der Waals surface area contributed by atoms with Gasteiger partial charge in [0.05, 0.1) is 11.3 Å². The molecule has 3 aromatic rings. The molecular formula is C26H24F5NO. The molecule has 0 heterocycles. The van der Waals surface area contributed by atoms with Crippen LogP contribution in [0.2, 0.25) is 0 Å². The first-order chi connectivity index (χ1) is 15.4. The number of benzene rings is 3. The maximum atomic E-state index is 14.2. The van der Waals surface area contributed by atoms with Gasteiger partial charge in [0.15, 0.2) is 0 Å². The Hall–Kier alpha value is -3.22. The van der Waals surface area contributed by atoms with Gasteiger partial charge >= 0.3 is 6.18 Å². The van der Waals surface area contributed by atoms with Crippen molar-refractivity contribution in [2.75, 3.05) is 5.32 Å². The van der Waals surface area contributed by atoms with Crippen molar-refractivity contribution in [1.82, 2.24) is 0 Å². The summed E-state index contributed by atoms with van der Waals surface area (Å²) in [6.07, 6.45) is -3.87. The quantitative estimate of drug-likeness (QED) is 0.360. The number of halogens is 5. The molecule has 1 unspecified atom stereocenters. The standard InChI is InChI=1S/C26H24F5NO/c1-15(2)10-23(16(3)33)19-11-18(17-4-6-20(7-5-17)26(29,30)31)12-22(13-19)32-25-9-8-21(27)14-24(25)28/h4-9,11-15,23,32H,10H2,1-3H3. The molecule has 0 amide bonds. The topological polar surface area (TPSA) is 29.1 Å². The first-order valence-corrected chi connectivity index (χ1v) is 10.5. The van der Waals surface area contributed by atoms with Crippen LogP contribution in [0.5, 0.6) is 0 Å². The number of Topliss-reactive ketones (excluding diaryl/α,β-unsaturated/α-hetero) is 1. The Morgan fingerprint density at radius 3 is 2.12 bits per heavy atom. The summed E-state index contributed by atoms with van der Waals surface area (Å²) >= 11 is 0. The third kappa shape index (κ3) is 6.18. The zero-order chi connectivity index (χ0) is 24.3. The zero-order valence-electron chi connectivity index (χ0n) is 18.4. The average molecular weight is 461 g/mol. The Labute approximate surface area is 189 Å². The first kappa shape index (κ1) is 24.4. The predicted octanol–water partition coefficient (Wildman–Crippen LogP) is 8.11. The summed E-state index contributed by atoms with van der Waals surface area (Å²) in [7, 11) is 0. The highest BCUT2D eigenvalue weighted by atomic mass is 19.4. The second kappa shape index (κ2) is 9.73. The molecule has 1 atom stereocenters. The van der Waals surface area contributed by atoms with Gasteiger partial charge in [-0.3, -0.25) is 4.79 Å². The van der Waals surface area contributed by atoms with Crippen molar-refractivity contribution in [3.63, 3.8) is 0 Å². The highest BCUT2D eigenvalue weighted by Gasteiger charge is 2.30. The van der Waals surface area contributed by atoms with Crippen LogP contribution in [0.25, 0.3) is 11.1 Å². The minimum Gasteiger partial charge on any atom is -0.353 e. The fraction of sp³-hybridized carbons (Fsp3) is 0.269. The molecule has 3 aromatic carbocycles. The molecule has 2 nitrogen and oxygen atoms in total. The van der Waals surface area contributed by atoms with Crippen molar-refractivity contribution in [1.29, 1.82) is 0 Å². The minimum absolute atomic E-state index is 0.0372. The molecule has 0 bridgehead atoms. The highest BCUT2D eigenvalue weighted by Crippen LogP contribution is 2.35. The average Bonchev–Trinajstić information content (AvgIpc) is 2.73. The normalized spacial score (nSPS) is 12.6. The van der Waals surface area contributed by atoms with Gasteiger partial charge in [-0.1, -0.05) is 32.0 Å². The SMILES string of the molecule is CC(=O)C(CC(C)C)c1cc(Nc2ccc(F)cc2F)cc(-c2ccc(C(F)(F)F)cc2)c1. The third-order valence-electron chi connectivity index (χ3n) is 5.31. The van der Waals surface area contributed by atoms with Crippen LogP contribution in [0.1, 0.15) is 44.2 Å². The van der Waals surface area contributed by atoms with Gasteiger partial charge in [0.1, 0.15) is 17.4 Å². The Morgan fingerprint density at radius 1 is 0.909 bits per heavy atom. The van der Waals surface area contributed by atoms with Crippen LogP contribution in [-0.2, 0) is 11.0 Å². The van der Waals surface area contributed by atoms with Crippen molar-refractivity contribution in [3.8, 4) is 11.1 Å².